The monoisotopic (exact) mass is 425 g/mol. The highest BCUT2D eigenvalue weighted by atomic mass is 35.5. The molecule has 2 aromatic rings. The number of Topliss-reactive ketones (excluding diaryl/α,β-unsaturated/α-hetero) is 1. The first-order chi connectivity index (χ1) is 14.2. The van der Waals surface area contributed by atoms with Crippen LogP contribution in [0.1, 0.15) is 45.3 Å². The van der Waals surface area contributed by atoms with Gasteiger partial charge in [0.25, 0.3) is 0 Å². The van der Waals surface area contributed by atoms with Gasteiger partial charge in [-0.25, -0.2) is 4.79 Å². The molecule has 2 heterocycles. The van der Waals surface area contributed by atoms with Gasteiger partial charge in [0.15, 0.2) is 5.78 Å². The van der Waals surface area contributed by atoms with Gasteiger partial charge < -0.3 is 14.5 Å². The fourth-order valence-corrected chi connectivity index (χ4v) is 4.60. The molecule has 30 heavy (non-hydrogen) atoms. The lowest BCUT2D eigenvalue weighted by atomic mass is 9.69. The summed E-state index contributed by atoms with van der Waals surface area (Å²) in [6.45, 7) is 5.98. The van der Waals surface area contributed by atoms with Crippen molar-refractivity contribution in [1.29, 1.82) is 0 Å². The number of rotatable bonds is 3. The smallest absolute Gasteiger partial charge is 0.336 e. The van der Waals surface area contributed by atoms with E-state index in [1.165, 1.54) is 7.11 Å². The predicted octanol–water partition coefficient (Wildman–Crippen LogP) is 5.38. The van der Waals surface area contributed by atoms with Gasteiger partial charge in [-0.3, -0.25) is 4.79 Å². The molecule has 1 N–H and O–H groups in total. The van der Waals surface area contributed by atoms with Gasteiger partial charge >= 0.3 is 5.97 Å². The SMILES string of the molecule is COC(=O)C1=C(C)NC2=C(C(=O)CC(C)(C)C2)[C@@H]1c1ccc(-c2cccc(Cl)c2)o1. The lowest BCUT2D eigenvalue weighted by Crippen LogP contribution is -2.38. The van der Waals surface area contributed by atoms with Crippen molar-refractivity contribution < 1.29 is 18.7 Å². The van der Waals surface area contributed by atoms with Gasteiger partial charge in [0.1, 0.15) is 11.5 Å². The number of furan rings is 1. The summed E-state index contributed by atoms with van der Waals surface area (Å²) >= 11 is 6.12. The minimum absolute atomic E-state index is 0.0216. The molecule has 0 unspecified atom stereocenters. The van der Waals surface area contributed by atoms with Crippen molar-refractivity contribution in [3.05, 3.63) is 69.7 Å². The number of halogens is 1. The average molecular weight is 426 g/mol. The summed E-state index contributed by atoms with van der Waals surface area (Å²) in [5, 5.41) is 3.90. The van der Waals surface area contributed by atoms with Crippen LogP contribution in [0, 0.1) is 5.41 Å². The fourth-order valence-electron chi connectivity index (χ4n) is 4.41. The molecule has 0 radical (unpaired) electrons. The fraction of sp³-hybridized carbons (Fsp3) is 0.333. The zero-order chi connectivity index (χ0) is 21.6. The second-order valence-corrected chi connectivity index (χ2v) is 9.07. The lowest BCUT2D eigenvalue weighted by Gasteiger charge is -2.38. The third-order valence-corrected chi connectivity index (χ3v) is 5.90. The molecule has 0 bridgehead atoms. The van der Waals surface area contributed by atoms with Crippen LogP contribution in [-0.4, -0.2) is 18.9 Å². The number of nitrogens with one attached hydrogen (secondary N) is 1. The molecule has 1 aliphatic heterocycles. The number of esters is 1. The van der Waals surface area contributed by atoms with E-state index in [1.54, 1.807) is 6.07 Å². The topological polar surface area (TPSA) is 68.5 Å². The normalized spacial score (nSPS) is 20.7. The van der Waals surface area contributed by atoms with E-state index in [0.717, 1.165) is 17.7 Å². The third kappa shape index (κ3) is 3.58. The first-order valence-corrected chi connectivity index (χ1v) is 10.3. The molecule has 2 aliphatic rings. The number of ketones is 1. The van der Waals surface area contributed by atoms with Crippen LogP contribution in [0.4, 0.5) is 0 Å². The maximum absolute atomic E-state index is 13.2. The second kappa shape index (κ2) is 7.47. The molecule has 1 aromatic carbocycles. The van der Waals surface area contributed by atoms with Crippen molar-refractivity contribution in [2.75, 3.05) is 7.11 Å². The van der Waals surface area contributed by atoms with Crippen LogP contribution in [0.3, 0.4) is 0 Å². The van der Waals surface area contributed by atoms with E-state index in [0.29, 0.717) is 39.8 Å². The number of methoxy groups -OCH3 is 1. The Kier molecular flexibility index (Phi) is 5.10. The Morgan fingerprint density at radius 2 is 2.00 bits per heavy atom. The summed E-state index contributed by atoms with van der Waals surface area (Å²) < 4.78 is 11.2. The minimum Gasteiger partial charge on any atom is -0.466 e. The van der Waals surface area contributed by atoms with Crippen LogP contribution < -0.4 is 5.32 Å². The van der Waals surface area contributed by atoms with Crippen molar-refractivity contribution in [2.45, 2.75) is 39.5 Å². The van der Waals surface area contributed by atoms with Crippen LogP contribution in [0.5, 0.6) is 0 Å². The number of carbonyl (C=O) groups is 2. The molecule has 1 aromatic heterocycles. The Labute approximate surface area is 180 Å². The Bertz CT molecular complexity index is 1110. The van der Waals surface area contributed by atoms with Crippen LogP contribution in [-0.2, 0) is 14.3 Å². The number of hydrogen-bond donors (Lipinski definition) is 1. The Morgan fingerprint density at radius 1 is 1.23 bits per heavy atom. The first-order valence-electron chi connectivity index (χ1n) is 9.88. The molecule has 156 valence electrons. The summed E-state index contributed by atoms with van der Waals surface area (Å²) in [5.41, 5.74) is 3.20. The van der Waals surface area contributed by atoms with E-state index >= 15 is 0 Å². The van der Waals surface area contributed by atoms with E-state index in [9.17, 15) is 9.59 Å². The van der Waals surface area contributed by atoms with Crippen molar-refractivity contribution in [1.82, 2.24) is 5.32 Å². The average Bonchev–Trinajstić information content (AvgIpc) is 3.15. The van der Waals surface area contributed by atoms with Crippen molar-refractivity contribution in [3.8, 4) is 11.3 Å². The van der Waals surface area contributed by atoms with Gasteiger partial charge in [-0.2, -0.15) is 0 Å². The molecule has 0 saturated heterocycles. The number of hydrogen-bond acceptors (Lipinski definition) is 5. The largest absolute Gasteiger partial charge is 0.466 e. The maximum atomic E-state index is 13.2. The van der Waals surface area contributed by atoms with Crippen LogP contribution in [0.15, 0.2) is 63.4 Å². The van der Waals surface area contributed by atoms with Crippen LogP contribution >= 0.6 is 11.6 Å². The summed E-state index contributed by atoms with van der Waals surface area (Å²) in [5.74, 6) is 0.0962. The predicted molar refractivity (Wildman–Crippen MR) is 115 cm³/mol. The summed E-state index contributed by atoms with van der Waals surface area (Å²) in [6.07, 6.45) is 1.14. The zero-order valence-corrected chi connectivity index (χ0v) is 18.2. The van der Waals surface area contributed by atoms with Crippen LogP contribution in [0.25, 0.3) is 11.3 Å². The molecular weight excluding hydrogens is 402 g/mol. The van der Waals surface area contributed by atoms with Gasteiger partial charge in [0.05, 0.1) is 18.6 Å². The third-order valence-electron chi connectivity index (χ3n) is 5.67. The number of dihydropyridines is 1. The molecular formula is C24H24ClNO4. The van der Waals surface area contributed by atoms with Gasteiger partial charge in [-0.15, -0.1) is 0 Å². The molecule has 0 fully saturated rings. The molecule has 1 aliphatic carbocycles. The van der Waals surface area contributed by atoms with Crippen molar-refractivity contribution in [2.24, 2.45) is 5.41 Å². The Morgan fingerprint density at radius 3 is 2.70 bits per heavy atom. The highest BCUT2D eigenvalue weighted by Crippen LogP contribution is 2.47. The van der Waals surface area contributed by atoms with Crippen molar-refractivity contribution >= 4 is 23.4 Å². The minimum atomic E-state index is -0.606. The lowest BCUT2D eigenvalue weighted by molar-refractivity contribution is -0.136. The highest BCUT2D eigenvalue weighted by molar-refractivity contribution is 6.30. The maximum Gasteiger partial charge on any atom is 0.336 e. The van der Waals surface area contributed by atoms with E-state index in [2.05, 4.69) is 19.2 Å². The molecule has 0 amide bonds. The van der Waals surface area contributed by atoms with Crippen LogP contribution in [0.2, 0.25) is 5.02 Å². The van der Waals surface area contributed by atoms with E-state index < -0.39 is 11.9 Å². The van der Waals surface area contributed by atoms with E-state index in [1.807, 2.05) is 37.3 Å². The number of ether oxygens (including phenoxy) is 1. The van der Waals surface area contributed by atoms with Gasteiger partial charge in [0, 0.05) is 34.0 Å². The summed E-state index contributed by atoms with van der Waals surface area (Å²) in [4.78, 5) is 25.9. The first kappa shape index (κ1) is 20.5. The zero-order valence-electron chi connectivity index (χ0n) is 17.5. The standard InChI is InChI=1S/C24H24ClNO4/c1-13-20(23(28)29-4)22(21-16(26-13)11-24(2,3)12-17(21)27)19-9-8-18(30-19)14-6-5-7-15(25)10-14/h5-10,22,26H,11-12H2,1-4H3/t22-/m1/s1. The molecule has 4 rings (SSSR count). The highest BCUT2D eigenvalue weighted by Gasteiger charge is 2.44. The van der Waals surface area contributed by atoms with Gasteiger partial charge in [0.2, 0.25) is 0 Å². The molecule has 0 spiro atoms. The van der Waals surface area contributed by atoms with E-state index in [-0.39, 0.29) is 11.2 Å². The quantitative estimate of drug-likeness (QED) is 0.669. The number of benzene rings is 1. The molecule has 0 saturated carbocycles. The number of allylic oxidation sites excluding steroid dienone is 3. The molecule has 1 atom stereocenters. The second-order valence-electron chi connectivity index (χ2n) is 8.63. The van der Waals surface area contributed by atoms with E-state index in [4.69, 9.17) is 20.8 Å². The van der Waals surface area contributed by atoms with Crippen molar-refractivity contribution in [3.63, 3.8) is 0 Å². The van der Waals surface area contributed by atoms with Gasteiger partial charge in [-0.05, 0) is 43.0 Å². The molecule has 5 nitrogen and oxygen atoms in total. The Balaban J connectivity index is 1.85. The Hall–Kier alpha value is -2.79. The van der Waals surface area contributed by atoms with Gasteiger partial charge in [-0.1, -0.05) is 37.6 Å². The number of carbonyl (C=O) groups excluding carboxylic acids is 2. The summed E-state index contributed by atoms with van der Waals surface area (Å²) in [7, 11) is 1.34. The summed E-state index contributed by atoms with van der Waals surface area (Å²) in [6, 6.07) is 11.0. The molecule has 6 heteroatoms.